The highest BCUT2D eigenvalue weighted by Crippen LogP contribution is 2.22. The molecule has 1 aromatic carbocycles. The van der Waals surface area contributed by atoms with Crippen LogP contribution in [0.25, 0.3) is 0 Å². The molecule has 0 spiro atoms. The molecule has 0 saturated heterocycles. The zero-order valence-electron chi connectivity index (χ0n) is 10.4. The molecule has 1 aromatic rings. The highest BCUT2D eigenvalue weighted by molar-refractivity contribution is 8.00. The second-order valence-corrected chi connectivity index (χ2v) is 5.74. The van der Waals surface area contributed by atoms with E-state index in [1.54, 1.807) is 24.8 Å². The van der Waals surface area contributed by atoms with Gasteiger partial charge in [0.05, 0.1) is 11.9 Å². The average molecular weight is 253 g/mol. The SMILES string of the molecule is CC(C)SCC(=O)Nc1ccccc1C(C)O. The molecule has 0 heterocycles. The molecule has 3 nitrogen and oxygen atoms in total. The second kappa shape index (κ2) is 6.67. The Hall–Kier alpha value is -1.00. The van der Waals surface area contributed by atoms with Crippen LogP contribution in [-0.2, 0) is 4.79 Å². The summed E-state index contributed by atoms with van der Waals surface area (Å²) in [7, 11) is 0. The Kier molecular flexibility index (Phi) is 5.51. The van der Waals surface area contributed by atoms with E-state index in [4.69, 9.17) is 0 Å². The van der Waals surface area contributed by atoms with Gasteiger partial charge in [0.2, 0.25) is 5.91 Å². The van der Waals surface area contributed by atoms with Crippen LogP contribution in [0.1, 0.15) is 32.4 Å². The van der Waals surface area contributed by atoms with Gasteiger partial charge in [0.15, 0.2) is 0 Å². The third-order valence-electron chi connectivity index (χ3n) is 2.23. The third-order valence-corrected chi connectivity index (χ3v) is 3.33. The standard InChI is InChI=1S/C13H19NO2S/c1-9(2)17-8-13(16)14-12-7-5-4-6-11(12)10(3)15/h4-7,9-10,15H,8H2,1-3H3,(H,14,16). The Morgan fingerprint density at radius 3 is 2.59 bits per heavy atom. The van der Waals surface area contributed by atoms with Crippen molar-refractivity contribution in [2.45, 2.75) is 32.1 Å². The van der Waals surface area contributed by atoms with Crippen molar-refractivity contribution in [3.05, 3.63) is 29.8 Å². The molecule has 0 bridgehead atoms. The minimum atomic E-state index is -0.579. The zero-order valence-corrected chi connectivity index (χ0v) is 11.3. The number of rotatable bonds is 5. The number of aliphatic hydroxyl groups excluding tert-OH is 1. The number of hydrogen-bond acceptors (Lipinski definition) is 3. The molecule has 0 saturated carbocycles. The van der Waals surface area contributed by atoms with Crippen LogP contribution in [0.2, 0.25) is 0 Å². The number of aliphatic hydroxyl groups is 1. The monoisotopic (exact) mass is 253 g/mol. The predicted molar refractivity (Wildman–Crippen MR) is 73.3 cm³/mol. The lowest BCUT2D eigenvalue weighted by atomic mass is 10.1. The number of amides is 1. The van der Waals surface area contributed by atoms with Gasteiger partial charge in [0.25, 0.3) is 0 Å². The van der Waals surface area contributed by atoms with E-state index >= 15 is 0 Å². The summed E-state index contributed by atoms with van der Waals surface area (Å²) < 4.78 is 0. The van der Waals surface area contributed by atoms with Crippen LogP contribution in [0.15, 0.2) is 24.3 Å². The molecule has 2 N–H and O–H groups in total. The van der Waals surface area contributed by atoms with Crippen LogP contribution in [0, 0.1) is 0 Å². The molecular weight excluding hydrogens is 234 g/mol. The van der Waals surface area contributed by atoms with Crippen LogP contribution in [0.5, 0.6) is 0 Å². The average Bonchev–Trinajstić information content (AvgIpc) is 2.27. The molecular formula is C13H19NO2S. The van der Waals surface area contributed by atoms with Crippen LogP contribution >= 0.6 is 11.8 Å². The predicted octanol–water partition coefficient (Wildman–Crippen LogP) is 2.82. The number of benzene rings is 1. The van der Waals surface area contributed by atoms with Gasteiger partial charge in [-0.25, -0.2) is 0 Å². The van der Waals surface area contributed by atoms with Crippen LogP contribution in [0.3, 0.4) is 0 Å². The number of para-hydroxylation sites is 1. The molecule has 94 valence electrons. The van der Waals surface area contributed by atoms with Crippen LogP contribution in [-0.4, -0.2) is 22.0 Å². The first-order chi connectivity index (χ1) is 8.00. The van der Waals surface area contributed by atoms with Gasteiger partial charge in [-0.15, -0.1) is 11.8 Å². The van der Waals surface area contributed by atoms with Crippen molar-refractivity contribution >= 4 is 23.4 Å². The first-order valence-electron chi connectivity index (χ1n) is 5.69. The van der Waals surface area contributed by atoms with Gasteiger partial charge in [0.1, 0.15) is 0 Å². The molecule has 17 heavy (non-hydrogen) atoms. The molecule has 1 amide bonds. The molecule has 0 fully saturated rings. The van der Waals surface area contributed by atoms with Crippen molar-refractivity contribution in [3.63, 3.8) is 0 Å². The lowest BCUT2D eigenvalue weighted by Gasteiger charge is -2.13. The number of carbonyl (C=O) groups is 1. The summed E-state index contributed by atoms with van der Waals surface area (Å²) in [6.45, 7) is 5.80. The van der Waals surface area contributed by atoms with Gasteiger partial charge in [-0.2, -0.15) is 0 Å². The minimum Gasteiger partial charge on any atom is -0.389 e. The van der Waals surface area contributed by atoms with Crippen molar-refractivity contribution in [1.82, 2.24) is 0 Å². The minimum absolute atomic E-state index is 0.0307. The first-order valence-corrected chi connectivity index (χ1v) is 6.74. The second-order valence-electron chi connectivity index (χ2n) is 4.17. The van der Waals surface area contributed by atoms with E-state index in [9.17, 15) is 9.90 Å². The van der Waals surface area contributed by atoms with Crippen molar-refractivity contribution in [2.24, 2.45) is 0 Å². The van der Waals surface area contributed by atoms with E-state index < -0.39 is 6.10 Å². The van der Waals surface area contributed by atoms with Crippen molar-refractivity contribution in [2.75, 3.05) is 11.1 Å². The van der Waals surface area contributed by atoms with E-state index in [-0.39, 0.29) is 5.91 Å². The molecule has 1 unspecified atom stereocenters. The fourth-order valence-electron chi connectivity index (χ4n) is 1.40. The number of nitrogens with one attached hydrogen (secondary N) is 1. The van der Waals surface area contributed by atoms with E-state index in [2.05, 4.69) is 19.2 Å². The quantitative estimate of drug-likeness (QED) is 0.848. The van der Waals surface area contributed by atoms with E-state index in [1.165, 1.54) is 0 Å². The van der Waals surface area contributed by atoms with Crippen molar-refractivity contribution in [3.8, 4) is 0 Å². The van der Waals surface area contributed by atoms with Gasteiger partial charge in [-0.05, 0) is 18.2 Å². The summed E-state index contributed by atoms with van der Waals surface area (Å²) in [4.78, 5) is 11.7. The third kappa shape index (κ3) is 4.79. The topological polar surface area (TPSA) is 49.3 Å². The summed E-state index contributed by atoms with van der Waals surface area (Å²) in [5.74, 6) is 0.406. The highest BCUT2D eigenvalue weighted by Gasteiger charge is 2.10. The Bertz CT molecular complexity index is 377. The number of hydrogen-bond donors (Lipinski definition) is 2. The largest absolute Gasteiger partial charge is 0.389 e. The van der Waals surface area contributed by atoms with Gasteiger partial charge in [-0.1, -0.05) is 32.0 Å². The Morgan fingerprint density at radius 2 is 2.00 bits per heavy atom. The van der Waals surface area contributed by atoms with Crippen LogP contribution < -0.4 is 5.32 Å². The Balaban J connectivity index is 2.65. The molecule has 0 radical (unpaired) electrons. The van der Waals surface area contributed by atoms with Crippen molar-refractivity contribution in [1.29, 1.82) is 0 Å². The van der Waals surface area contributed by atoms with E-state index in [1.807, 2.05) is 18.2 Å². The maximum Gasteiger partial charge on any atom is 0.234 e. The maximum absolute atomic E-state index is 11.7. The van der Waals surface area contributed by atoms with Gasteiger partial charge in [-0.3, -0.25) is 4.79 Å². The molecule has 0 aliphatic carbocycles. The number of carbonyl (C=O) groups excluding carboxylic acids is 1. The molecule has 0 aliphatic rings. The molecule has 0 aromatic heterocycles. The van der Waals surface area contributed by atoms with Gasteiger partial charge in [0, 0.05) is 11.3 Å². The number of thioether (sulfide) groups is 1. The maximum atomic E-state index is 11.7. The summed E-state index contributed by atoms with van der Waals surface area (Å²) in [5.41, 5.74) is 1.44. The Morgan fingerprint density at radius 1 is 1.35 bits per heavy atom. The lowest BCUT2D eigenvalue weighted by molar-refractivity contribution is -0.113. The van der Waals surface area contributed by atoms with Gasteiger partial charge >= 0.3 is 0 Å². The first kappa shape index (κ1) is 14.1. The molecule has 1 atom stereocenters. The molecule has 0 aliphatic heterocycles. The van der Waals surface area contributed by atoms with E-state index in [0.29, 0.717) is 16.7 Å². The fraction of sp³-hybridized carbons (Fsp3) is 0.462. The highest BCUT2D eigenvalue weighted by atomic mass is 32.2. The number of anilines is 1. The zero-order chi connectivity index (χ0) is 12.8. The summed E-state index contributed by atoms with van der Waals surface area (Å²) in [6.07, 6.45) is -0.579. The fourth-order valence-corrected chi connectivity index (χ4v) is 1.96. The van der Waals surface area contributed by atoms with Crippen LogP contribution in [0.4, 0.5) is 5.69 Å². The van der Waals surface area contributed by atoms with Crippen molar-refractivity contribution < 1.29 is 9.90 Å². The lowest BCUT2D eigenvalue weighted by Crippen LogP contribution is -2.16. The molecule has 1 rings (SSSR count). The smallest absolute Gasteiger partial charge is 0.234 e. The van der Waals surface area contributed by atoms with Gasteiger partial charge < -0.3 is 10.4 Å². The summed E-state index contributed by atoms with van der Waals surface area (Å²) in [6, 6.07) is 7.31. The van der Waals surface area contributed by atoms with E-state index in [0.717, 1.165) is 5.56 Å². The molecule has 4 heteroatoms. The normalized spacial score (nSPS) is 12.5. The summed E-state index contributed by atoms with van der Waals surface area (Å²) >= 11 is 1.60. The Labute approximate surface area is 107 Å². The summed E-state index contributed by atoms with van der Waals surface area (Å²) in [5, 5.41) is 12.8.